The molecule has 12 heteroatoms. The van der Waals surface area contributed by atoms with Crippen molar-refractivity contribution in [1.29, 1.82) is 0 Å². The first-order valence-electron chi connectivity index (χ1n) is 41.7. The summed E-state index contributed by atoms with van der Waals surface area (Å²) in [6.45, 7) is 13.7. The Balaban J connectivity index is 0.000000383. The molecule has 4 N–H and O–H groups in total. The number of rotatable bonds is 49. The maximum absolute atomic E-state index is 10.1. The molecule has 0 atom stereocenters. The number of hydrogen-bond acceptors (Lipinski definition) is 8. The molecule has 4 aromatic carbocycles. The zero-order chi connectivity index (χ0) is 73.8. The molecule has 0 fully saturated rings. The van der Waals surface area contributed by atoms with Gasteiger partial charge in [-0.25, -0.2) is 0 Å². The lowest BCUT2D eigenvalue weighted by atomic mass is 9.67. The van der Waals surface area contributed by atoms with Gasteiger partial charge in [0, 0.05) is 40.1 Å². The number of fused-ring (bicyclic) bond motifs is 6. The highest BCUT2D eigenvalue weighted by atomic mass is 79.9. The third-order valence-electron chi connectivity index (χ3n) is 22.6. The van der Waals surface area contributed by atoms with E-state index in [0.717, 1.165) is 36.8 Å². The molecule has 0 amide bonds. The highest BCUT2D eigenvalue weighted by Crippen LogP contribution is 2.57. The average molecular weight is 1670 g/mol. The van der Waals surface area contributed by atoms with Crippen LogP contribution in [0.15, 0.2) is 129 Å². The summed E-state index contributed by atoms with van der Waals surface area (Å²) in [6, 6.07) is 44.3. The van der Waals surface area contributed by atoms with Crippen LogP contribution in [-0.4, -0.2) is 34.3 Å². The third kappa shape index (κ3) is 29.8. The summed E-state index contributed by atoms with van der Waals surface area (Å²) < 4.78 is 2.36. The van der Waals surface area contributed by atoms with Crippen LogP contribution in [0.4, 0.5) is 0 Å². The van der Waals surface area contributed by atoms with Gasteiger partial charge in [-0.05, 0) is 187 Å². The van der Waals surface area contributed by atoms with Gasteiger partial charge in [-0.15, -0.1) is 45.3 Å². The first kappa shape index (κ1) is 97.0. The van der Waals surface area contributed by atoms with Crippen molar-refractivity contribution in [2.75, 3.05) is 0 Å². The van der Waals surface area contributed by atoms with Crippen LogP contribution in [0.5, 0.6) is 0 Å². The Bertz CT molecular complexity index is 3540. The zero-order valence-electron chi connectivity index (χ0n) is 65.0. The fourth-order valence-corrected chi connectivity index (χ4v) is 21.5. The fraction of sp³-hybridized carbons (Fsp3) is 0.583. The lowest BCUT2D eigenvalue weighted by Crippen LogP contribution is -2.34. The van der Waals surface area contributed by atoms with Crippen molar-refractivity contribution in [3.63, 3.8) is 0 Å². The third-order valence-corrected chi connectivity index (χ3v) is 28.4. The molecule has 4 aromatic heterocycles. The summed E-state index contributed by atoms with van der Waals surface area (Å²) in [6.07, 6.45) is 58.4. The van der Waals surface area contributed by atoms with Gasteiger partial charge in [0.05, 0.1) is 7.57 Å². The van der Waals surface area contributed by atoms with Gasteiger partial charge in [0.2, 0.25) is 0 Å². The maximum atomic E-state index is 10.1. The van der Waals surface area contributed by atoms with E-state index in [4.69, 9.17) is 0 Å². The first-order valence-corrected chi connectivity index (χ1v) is 46.6. The minimum Gasteiger partial charge on any atom is -0.423 e. The largest absolute Gasteiger partial charge is 0.488 e. The molecule has 0 unspecified atom stereocenters. The topological polar surface area (TPSA) is 80.9 Å². The minimum absolute atomic E-state index is 0. The Labute approximate surface area is 695 Å². The molecule has 0 saturated heterocycles. The van der Waals surface area contributed by atoms with Crippen LogP contribution in [0.1, 0.15) is 373 Å². The maximum Gasteiger partial charge on any atom is 0.488 e. The van der Waals surface area contributed by atoms with Crippen LogP contribution in [0.3, 0.4) is 0 Å². The van der Waals surface area contributed by atoms with Crippen molar-refractivity contribution < 1.29 is 20.1 Å². The number of halogens is 2. The van der Waals surface area contributed by atoms with Crippen molar-refractivity contribution in [2.45, 2.75) is 365 Å². The molecule has 0 bridgehead atoms. The van der Waals surface area contributed by atoms with Gasteiger partial charge in [0.15, 0.2) is 0 Å². The summed E-state index contributed by atoms with van der Waals surface area (Å²) >= 11 is 14.3. The highest BCUT2D eigenvalue weighted by Gasteiger charge is 2.45. The lowest BCUT2D eigenvalue weighted by molar-refractivity contribution is 0.396. The quantitative estimate of drug-likeness (QED) is 0.0226. The van der Waals surface area contributed by atoms with Crippen molar-refractivity contribution in [3.05, 3.63) is 162 Å². The van der Waals surface area contributed by atoms with Gasteiger partial charge in [-0.3, -0.25) is 0 Å². The Hall–Kier alpha value is -3.39. The summed E-state index contributed by atoms with van der Waals surface area (Å²) in [7, 11) is -3.01. The average Bonchev–Trinajstić information content (AvgIpc) is 1.57. The molecule has 2 aliphatic carbocycles. The van der Waals surface area contributed by atoms with Crippen LogP contribution >= 0.6 is 77.2 Å². The smallest absolute Gasteiger partial charge is 0.423 e. The number of unbranched alkanes of at least 4 members (excludes halogenated alkanes) is 36. The molecular weight excluding hydrogens is 1530 g/mol. The number of thiophene rings is 4. The van der Waals surface area contributed by atoms with E-state index < -0.39 is 14.2 Å². The second-order valence-electron chi connectivity index (χ2n) is 30.8. The van der Waals surface area contributed by atoms with Crippen LogP contribution < -0.4 is 10.9 Å². The van der Waals surface area contributed by atoms with Gasteiger partial charge >= 0.3 is 14.2 Å². The van der Waals surface area contributed by atoms with E-state index in [1.807, 2.05) is 59.1 Å². The van der Waals surface area contributed by atoms with E-state index in [9.17, 15) is 20.1 Å². The molecule has 4 heterocycles. The van der Waals surface area contributed by atoms with Crippen molar-refractivity contribution in [1.82, 2.24) is 0 Å². The second kappa shape index (κ2) is 53.6. The van der Waals surface area contributed by atoms with Gasteiger partial charge in [-0.1, -0.05) is 387 Å². The SMILES string of the molecule is Brc1ccc(-c2ccc(Br)s2)s1.C.C.C.C.CCCCCCCCCCCCC1(CCCCCCCCCCCC)c2cc(B(O)O)ccc2-c2ccc(B(O)O)cc21.CCCCCCCCCCCCC1(CCCCCCCCCCCC)c2cc(C)ccc2-c2ccc(-c3ccc(-c4ccc(C)s4)s3)cc21. The molecule has 0 radical (unpaired) electrons. The molecule has 598 valence electrons. The summed E-state index contributed by atoms with van der Waals surface area (Å²) in [5.41, 5.74) is 14.7. The molecule has 0 aliphatic heterocycles. The summed E-state index contributed by atoms with van der Waals surface area (Å²) in [4.78, 5) is 8.22. The number of hydrogen-bond donors (Lipinski definition) is 4. The Kier molecular flexibility index (Phi) is 48.2. The molecule has 4 nitrogen and oxygen atoms in total. The van der Waals surface area contributed by atoms with Gasteiger partial charge in [-0.2, -0.15) is 0 Å². The van der Waals surface area contributed by atoms with Gasteiger partial charge in [0.25, 0.3) is 0 Å². The Morgan fingerprint density at radius 1 is 0.278 bits per heavy atom. The monoisotopic (exact) mass is 1670 g/mol. The van der Waals surface area contributed by atoms with E-state index in [2.05, 4.69) is 158 Å². The van der Waals surface area contributed by atoms with E-state index in [1.165, 1.54) is 327 Å². The van der Waals surface area contributed by atoms with Crippen LogP contribution in [0.2, 0.25) is 0 Å². The fourth-order valence-electron chi connectivity index (χ4n) is 16.7. The zero-order valence-corrected chi connectivity index (χ0v) is 71.4. The van der Waals surface area contributed by atoms with Crippen molar-refractivity contribution in [2.24, 2.45) is 0 Å². The van der Waals surface area contributed by atoms with E-state index in [1.54, 1.807) is 33.8 Å². The summed E-state index contributed by atoms with van der Waals surface area (Å²) in [5, 5.41) is 40.3. The van der Waals surface area contributed by atoms with Crippen molar-refractivity contribution >= 4 is 102 Å². The molecule has 0 saturated carbocycles. The van der Waals surface area contributed by atoms with E-state index in [-0.39, 0.29) is 40.5 Å². The molecule has 108 heavy (non-hydrogen) atoms. The van der Waals surface area contributed by atoms with E-state index >= 15 is 0 Å². The minimum atomic E-state index is -1.50. The Morgan fingerprint density at radius 3 is 0.861 bits per heavy atom. The second-order valence-corrected chi connectivity index (χ2v) is 38.1. The molecule has 2 aliphatic rings. The normalized spacial score (nSPS) is 12.4. The van der Waals surface area contributed by atoms with Gasteiger partial charge < -0.3 is 20.1 Å². The Morgan fingerprint density at radius 2 is 0.546 bits per heavy atom. The van der Waals surface area contributed by atoms with Crippen LogP contribution in [-0.2, 0) is 10.8 Å². The molecular formula is C96H146B2Br2O4S4. The predicted octanol–water partition coefficient (Wildman–Crippen LogP) is 32.1. The highest BCUT2D eigenvalue weighted by molar-refractivity contribution is 9.11. The molecule has 8 aromatic rings. The number of benzene rings is 4. The van der Waals surface area contributed by atoms with Gasteiger partial charge in [0.1, 0.15) is 0 Å². The lowest BCUT2D eigenvalue weighted by Gasteiger charge is -2.33. The van der Waals surface area contributed by atoms with E-state index in [0.29, 0.717) is 10.9 Å². The number of aryl methyl sites for hydroxylation is 2. The van der Waals surface area contributed by atoms with Crippen molar-refractivity contribution in [3.8, 4) is 52.2 Å². The molecule has 0 spiro atoms. The first-order chi connectivity index (χ1) is 50.7. The molecule has 10 rings (SSSR count). The van der Waals surface area contributed by atoms with Crippen LogP contribution in [0.25, 0.3) is 52.2 Å². The summed E-state index contributed by atoms with van der Waals surface area (Å²) in [5.74, 6) is 0. The standard InChI is InChI=1S/C47H66S2.C37H60B2O4.C8H4Br2S2.4CH4/c1-5-7-9-11-13-15-17-19-21-23-33-47(34-24-22-20-18-16-14-12-10-8-6-2)42-35-37(3)25-28-40(42)41-29-27-39(36-43(41)47)44-31-32-46(49-44)45-30-26-38(4)48-45;1-3-5-7-9-11-13-15-17-19-21-27-37(28-22-20-18-16-14-12-10-8-6-4-2)35-29-31(38(40)41)23-25-33(35)34-26-24-32(39(42)43)30-36(34)37;9-7-3-1-5(11-7)6-2-4-8(10)12-6;;;;/h25-32,35-36H,5-24,33-34H2,1-4H3;23-26,29-30,40-43H,3-22,27-28H2,1-2H3;1-4H;4*1H4. The predicted molar refractivity (Wildman–Crippen MR) is 497 cm³/mol. The van der Waals surface area contributed by atoms with Crippen LogP contribution in [0, 0.1) is 13.8 Å².